The van der Waals surface area contributed by atoms with Crippen LogP contribution in [0.15, 0.2) is 41.3 Å². The minimum Gasteiger partial charge on any atom is -0.444 e. The Morgan fingerprint density at radius 3 is 2.64 bits per heavy atom. The van der Waals surface area contributed by atoms with Crippen molar-refractivity contribution in [3.05, 3.63) is 47.6 Å². The van der Waals surface area contributed by atoms with Crippen molar-refractivity contribution in [1.82, 2.24) is 10.3 Å². The summed E-state index contributed by atoms with van der Waals surface area (Å²) < 4.78 is 32.4. The van der Waals surface area contributed by atoms with Gasteiger partial charge in [-0.05, 0) is 57.4 Å². The van der Waals surface area contributed by atoms with E-state index in [1.807, 2.05) is 6.92 Å². The normalized spacial score (nSPS) is 13.7. The summed E-state index contributed by atoms with van der Waals surface area (Å²) in [5.74, 6) is 0. The van der Waals surface area contributed by atoms with Gasteiger partial charge in [-0.3, -0.25) is 15.3 Å². The zero-order valence-corrected chi connectivity index (χ0v) is 18.1. The zero-order valence-electron chi connectivity index (χ0n) is 16.9. The van der Waals surface area contributed by atoms with Gasteiger partial charge in [-0.2, -0.15) is 8.78 Å². The standard InChI is InChI=1S/C20H28F2N3O2P/c1-6-7-9-23-13-16(14(2)12-25-18(26)27-19(3,4)5)15-8-10-24-17(11-15)20(21,22)28/h8-13H,6-7,28H2,1-5H3,(H,25,26)/b14-12-,16-13+,23-9+. The maximum atomic E-state index is 13.6. The summed E-state index contributed by atoms with van der Waals surface area (Å²) in [4.78, 5) is 19.9. The van der Waals surface area contributed by atoms with Crippen LogP contribution in [0.1, 0.15) is 58.7 Å². The minimum atomic E-state index is -3.14. The molecule has 1 atom stereocenters. The lowest BCUT2D eigenvalue weighted by Crippen LogP contribution is -2.29. The van der Waals surface area contributed by atoms with Crippen LogP contribution in [0.4, 0.5) is 13.6 Å². The lowest BCUT2D eigenvalue weighted by atomic mass is 10.0. The molecule has 1 amide bonds. The van der Waals surface area contributed by atoms with Crippen molar-refractivity contribution in [2.75, 3.05) is 0 Å². The number of allylic oxidation sites excluding steroid dienone is 2. The largest absolute Gasteiger partial charge is 0.444 e. The number of rotatable bonds is 7. The Balaban J connectivity index is 3.19. The summed E-state index contributed by atoms with van der Waals surface area (Å²) in [5.41, 5.74) is -2.41. The second-order valence-electron chi connectivity index (χ2n) is 7.19. The highest BCUT2D eigenvalue weighted by Crippen LogP contribution is 2.35. The summed E-state index contributed by atoms with van der Waals surface area (Å²) in [5, 5.41) is 2.55. The average molecular weight is 411 g/mol. The van der Waals surface area contributed by atoms with Gasteiger partial charge in [0, 0.05) is 30.4 Å². The van der Waals surface area contributed by atoms with Crippen LogP contribution < -0.4 is 5.32 Å². The Bertz CT molecular complexity index is 763. The molecule has 28 heavy (non-hydrogen) atoms. The molecule has 0 spiro atoms. The molecule has 1 rings (SSSR count). The zero-order chi connectivity index (χ0) is 21.4. The van der Waals surface area contributed by atoms with Gasteiger partial charge in [-0.1, -0.05) is 22.6 Å². The van der Waals surface area contributed by atoms with E-state index in [1.165, 1.54) is 27.7 Å². The van der Waals surface area contributed by atoms with Gasteiger partial charge in [-0.15, -0.1) is 0 Å². The predicted octanol–water partition coefficient (Wildman–Crippen LogP) is 5.65. The van der Waals surface area contributed by atoms with Gasteiger partial charge in [0.25, 0.3) is 5.66 Å². The lowest BCUT2D eigenvalue weighted by Gasteiger charge is -2.19. The molecule has 8 heteroatoms. The first kappa shape index (κ1) is 23.9. The molecule has 0 aliphatic carbocycles. The van der Waals surface area contributed by atoms with Crippen molar-refractivity contribution in [2.45, 2.75) is 58.7 Å². The van der Waals surface area contributed by atoms with E-state index in [1.54, 1.807) is 46.2 Å². The third-order valence-corrected chi connectivity index (χ3v) is 3.67. The lowest BCUT2D eigenvalue weighted by molar-refractivity contribution is 0.0552. The molecule has 1 unspecified atom stereocenters. The number of alkyl halides is 2. The number of amides is 1. The van der Waals surface area contributed by atoms with E-state index in [0.717, 1.165) is 12.8 Å². The number of aromatic nitrogens is 1. The average Bonchev–Trinajstić information content (AvgIpc) is 2.57. The van der Waals surface area contributed by atoms with Crippen LogP contribution in [0.3, 0.4) is 0 Å². The molecule has 0 saturated heterocycles. The molecule has 0 saturated carbocycles. The van der Waals surface area contributed by atoms with Crippen LogP contribution in [-0.4, -0.2) is 22.9 Å². The molecule has 0 aliphatic rings. The fourth-order valence-electron chi connectivity index (χ4n) is 2.07. The van der Waals surface area contributed by atoms with Crippen molar-refractivity contribution >= 4 is 27.1 Å². The first-order valence-electron chi connectivity index (χ1n) is 8.96. The number of nitrogens with zero attached hydrogens (tertiary/aromatic N) is 2. The Hall–Kier alpha value is -2.14. The van der Waals surface area contributed by atoms with E-state index in [-0.39, 0.29) is 5.69 Å². The summed E-state index contributed by atoms with van der Waals surface area (Å²) in [6.45, 7) is 9.06. The fraction of sp³-hybridized carbons (Fsp3) is 0.450. The van der Waals surface area contributed by atoms with Crippen LogP contribution in [-0.2, 0) is 10.4 Å². The first-order valence-corrected chi connectivity index (χ1v) is 9.54. The molecule has 154 valence electrons. The Morgan fingerprint density at radius 1 is 1.39 bits per heavy atom. The topological polar surface area (TPSA) is 63.6 Å². The van der Waals surface area contributed by atoms with Gasteiger partial charge in [0.05, 0.1) is 0 Å². The molecule has 0 bridgehead atoms. The minimum absolute atomic E-state index is 0.369. The quantitative estimate of drug-likeness (QED) is 0.358. The SMILES string of the molecule is CCC/C=N/C=C(\C(C)=C/NC(=O)OC(C)(C)C)c1ccnc(C(F)(F)P)c1. The van der Waals surface area contributed by atoms with Crippen LogP contribution in [0.5, 0.6) is 0 Å². The predicted molar refractivity (Wildman–Crippen MR) is 112 cm³/mol. The number of pyridine rings is 1. The highest BCUT2D eigenvalue weighted by molar-refractivity contribution is 7.17. The maximum absolute atomic E-state index is 13.6. The summed E-state index contributed by atoms with van der Waals surface area (Å²) >= 11 is 0. The van der Waals surface area contributed by atoms with E-state index < -0.39 is 17.4 Å². The summed E-state index contributed by atoms with van der Waals surface area (Å²) in [6.07, 6.45) is 7.26. The monoisotopic (exact) mass is 411 g/mol. The fourth-order valence-corrected chi connectivity index (χ4v) is 2.23. The molecule has 1 heterocycles. The third-order valence-electron chi connectivity index (χ3n) is 3.37. The van der Waals surface area contributed by atoms with Gasteiger partial charge in [0.1, 0.15) is 11.3 Å². The Kier molecular flexibility index (Phi) is 8.89. The number of carbonyl (C=O) groups is 1. The van der Waals surface area contributed by atoms with Crippen molar-refractivity contribution < 1.29 is 18.3 Å². The van der Waals surface area contributed by atoms with Gasteiger partial charge >= 0.3 is 6.09 Å². The molecule has 1 N–H and O–H groups in total. The highest BCUT2D eigenvalue weighted by atomic mass is 31.0. The summed E-state index contributed by atoms with van der Waals surface area (Å²) in [6, 6.07) is 2.92. The summed E-state index contributed by atoms with van der Waals surface area (Å²) in [7, 11) is 1.48. The van der Waals surface area contributed by atoms with Crippen LogP contribution in [0.2, 0.25) is 0 Å². The number of nitrogens with one attached hydrogen (secondary N) is 1. The maximum Gasteiger partial charge on any atom is 0.411 e. The van der Waals surface area contributed by atoms with Crippen molar-refractivity contribution in [3.8, 4) is 0 Å². The van der Waals surface area contributed by atoms with E-state index in [9.17, 15) is 13.6 Å². The Labute approximate surface area is 167 Å². The molecule has 1 aromatic rings. The van der Waals surface area contributed by atoms with E-state index >= 15 is 0 Å². The third kappa shape index (κ3) is 8.70. The van der Waals surface area contributed by atoms with Gasteiger partial charge < -0.3 is 4.74 Å². The highest BCUT2D eigenvalue weighted by Gasteiger charge is 2.26. The number of hydrogen-bond acceptors (Lipinski definition) is 4. The number of unbranched alkanes of at least 4 members (excludes halogenated alkanes) is 1. The molecule has 5 nitrogen and oxygen atoms in total. The number of ether oxygens (including phenoxy) is 1. The van der Waals surface area contributed by atoms with Crippen LogP contribution in [0, 0.1) is 0 Å². The van der Waals surface area contributed by atoms with E-state index in [4.69, 9.17) is 4.74 Å². The molecule has 1 aromatic heterocycles. The number of halogens is 2. The van der Waals surface area contributed by atoms with Gasteiger partial charge in [-0.25, -0.2) is 4.79 Å². The van der Waals surface area contributed by atoms with Crippen molar-refractivity contribution in [1.29, 1.82) is 0 Å². The first-order chi connectivity index (χ1) is 12.9. The number of hydrogen-bond donors (Lipinski definition) is 1. The van der Waals surface area contributed by atoms with Crippen molar-refractivity contribution in [3.63, 3.8) is 0 Å². The molecule has 0 aromatic carbocycles. The number of carbonyl (C=O) groups excluding carboxylic acids is 1. The van der Waals surface area contributed by atoms with E-state index in [2.05, 4.69) is 15.3 Å². The second-order valence-corrected chi connectivity index (χ2v) is 7.91. The van der Waals surface area contributed by atoms with Gasteiger partial charge in [0.2, 0.25) is 0 Å². The second kappa shape index (κ2) is 10.4. The molecule has 0 radical (unpaired) electrons. The van der Waals surface area contributed by atoms with Crippen LogP contribution in [0.25, 0.3) is 5.57 Å². The van der Waals surface area contributed by atoms with Crippen molar-refractivity contribution in [2.24, 2.45) is 4.99 Å². The van der Waals surface area contributed by atoms with E-state index in [0.29, 0.717) is 16.7 Å². The molecule has 0 fully saturated rings. The smallest absolute Gasteiger partial charge is 0.411 e. The number of aliphatic imine (C=N–C) groups is 1. The Morgan fingerprint density at radius 2 is 2.07 bits per heavy atom. The molecule has 0 aliphatic heterocycles. The van der Waals surface area contributed by atoms with Crippen LogP contribution >= 0.6 is 9.24 Å². The molecular weight excluding hydrogens is 383 g/mol. The van der Waals surface area contributed by atoms with Gasteiger partial charge in [0.15, 0.2) is 0 Å². The number of alkyl carbamates (subject to hydrolysis) is 1. The molecular formula is C20H28F2N3O2P.